The fourth-order valence-electron chi connectivity index (χ4n) is 4.04. The highest BCUT2D eigenvalue weighted by atomic mass is 16.5. The van der Waals surface area contributed by atoms with Gasteiger partial charge in [-0.05, 0) is 27.8 Å². The lowest BCUT2D eigenvalue weighted by atomic mass is 9.98. The summed E-state index contributed by atoms with van der Waals surface area (Å²) in [6, 6.07) is 22.5. The molecule has 2 unspecified atom stereocenters. The number of rotatable bonds is 7. The summed E-state index contributed by atoms with van der Waals surface area (Å²) < 4.78 is 5.42. The summed E-state index contributed by atoms with van der Waals surface area (Å²) in [5, 5.41) is 23.1. The third kappa shape index (κ3) is 4.21. The number of fused-ring (bicyclic) bond motifs is 3. The molecule has 2 atom stereocenters. The normalized spacial score (nSPS) is 14.3. The zero-order chi connectivity index (χ0) is 21.8. The second-order valence-electron chi connectivity index (χ2n) is 7.47. The van der Waals surface area contributed by atoms with Crippen LogP contribution in [0, 0.1) is 0 Å². The summed E-state index contributed by atoms with van der Waals surface area (Å²) in [7, 11) is 0. The molecule has 0 radical (unpaired) electrons. The van der Waals surface area contributed by atoms with Crippen LogP contribution < -0.4 is 5.32 Å². The first-order valence-electron chi connectivity index (χ1n) is 10.1. The van der Waals surface area contributed by atoms with E-state index >= 15 is 0 Å². The average molecular weight is 417 g/mol. The maximum Gasteiger partial charge on any atom is 0.407 e. The van der Waals surface area contributed by atoms with Gasteiger partial charge in [-0.15, -0.1) is 0 Å². The fourth-order valence-corrected chi connectivity index (χ4v) is 4.04. The van der Waals surface area contributed by atoms with Crippen molar-refractivity contribution in [1.82, 2.24) is 5.32 Å². The lowest BCUT2D eigenvalue weighted by molar-refractivity contribution is 0.0182. The summed E-state index contributed by atoms with van der Waals surface area (Å²) >= 11 is 0. The molecule has 1 aliphatic rings. The molecule has 6 nitrogen and oxygen atoms in total. The van der Waals surface area contributed by atoms with E-state index in [0.717, 1.165) is 22.3 Å². The van der Waals surface area contributed by atoms with Crippen LogP contribution in [-0.4, -0.2) is 41.8 Å². The van der Waals surface area contributed by atoms with Gasteiger partial charge in [0.2, 0.25) is 0 Å². The zero-order valence-electron chi connectivity index (χ0n) is 16.8. The van der Waals surface area contributed by atoms with E-state index in [2.05, 4.69) is 17.4 Å². The molecule has 0 heterocycles. The van der Waals surface area contributed by atoms with E-state index in [1.807, 2.05) is 36.4 Å². The Labute approximate surface area is 180 Å². The quantitative estimate of drug-likeness (QED) is 0.512. The van der Waals surface area contributed by atoms with Gasteiger partial charge < -0.3 is 20.3 Å². The number of benzene rings is 3. The van der Waals surface area contributed by atoms with Gasteiger partial charge in [0.1, 0.15) is 25.1 Å². The van der Waals surface area contributed by atoms with Crippen molar-refractivity contribution in [3.63, 3.8) is 0 Å². The van der Waals surface area contributed by atoms with Gasteiger partial charge in [-0.25, -0.2) is 4.79 Å². The van der Waals surface area contributed by atoms with E-state index in [0.29, 0.717) is 11.8 Å². The number of alkyl carbamates (subject to hydrolysis) is 1. The third-order valence-corrected chi connectivity index (χ3v) is 5.61. The van der Waals surface area contributed by atoms with Gasteiger partial charge in [0.25, 0.3) is 0 Å². The van der Waals surface area contributed by atoms with Gasteiger partial charge >= 0.3 is 6.09 Å². The van der Waals surface area contributed by atoms with E-state index < -0.39 is 18.3 Å². The molecule has 3 aromatic rings. The van der Waals surface area contributed by atoms with Crippen molar-refractivity contribution in [2.45, 2.75) is 18.1 Å². The second kappa shape index (κ2) is 9.12. The van der Waals surface area contributed by atoms with E-state index in [4.69, 9.17) is 4.74 Å². The molecular weight excluding hydrogens is 394 g/mol. The molecule has 1 aliphatic carbocycles. The van der Waals surface area contributed by atoms with Crippen molar-refractivity contribution in [3.8, 4) is 11.1 Å². The van der Waals surface area contributed by atoms with Crippen LogP contribution >= 0.6 is 0 Å². The minimum absolute atomic E-state index is 0.0619. The zero-order valence-corrected chi connectivity index (χ0v) is 16.8. The minimum atomic E-state index is -1.31. The molecule has 1 amide bonds. The van der Waals surface area contributed by atoms with E-state index in [1.54, 1.807) is 24.3 Å². The lowest BCUT2D eigenvalue weighted by Gasteiger charge is -2.20. The number of aliphatic hydroxyl groups excluding tert-OH is 2. The Balaban J connectivity index is 1.35. The summed E-state index contributed by atoms with van der Waals surface area (Å²) in [5.74, 6) is -0.0619. The maximum atomic E-state index is 12.2. The number of hydrogen-bond acceptors (Lipinski definition) is 5. The molecule has 0 saturated carbocycles. The SMILES string of the molecule is O=Cc1ccccc1C(O)C(O)CNC(=O)OCC1c2ccccc2-c2ccccc21. The molecule has 0 spiro atoms. The van der Waals surface area contributed by atoms with Crippen molar-refractivity contribution in [2.24, 2.45) is 0 Å². The molecular formula is C25H23NO5. The first-order chi connectivity index (χ1) is 15.1. The average Bonchev–Trinajstić information content (AvgIpc) is 3.14. The highest BCUT2D eigenvalue weighted by molar-refractivity contribution is 5.79. The van der Waals surface area contributed by atoms with Gasteiger partial charge in [-0.2, -0.15) is 0 Å². The topological polar surface area (TPSA) is 95.9 Å². The van der Waals surface area contributed by atoms with Crippen molar-refractivity contribution in [1.29, 1.82) is 0 Å². The smallest absolute Gasteiger partial charge is 0.407 e. The number of nitrogens with one attached hydrogen (secondary N) is 1. The molecule has 0 bridgehead atoms. The molecule has 158 valence electrons. The molecule has 3 N–H and O–H groups in total. The fraction of sp³-hybridized carbons (Fsp3) is 0.200. The van der Waals surface area contributed by atoms with Crippen molar-refractivity contribution in [3.05, 3.63) is 95.1 Å². The Morgan fingerprint density at radius 1 is 0.935 bits per heavy atom. The molecule has 31 heavy (non-hydrogen) atoms. The van der Waals surface area contributed by atoms with Crippen LogP contribution in [0.1, 0.15) is 39.1 Å². The predicted molar refractivity (Wildman–Crippen MR) is 116 cm³/mol. The largest absolute Gasteiger partial charge is 0.449 e. The highest BCUT2D eigenvalue weighted by Gasteiger charge is 2.29. The molecule has 3 aromatic carbocycles. The molecule has 0 fully saturated rings. The number of carbonyl (C=O) groups excluding carboxylic acids is 2. The van der Waals surface area contributed by atoms with Crippen LogP contribution in [0.25, 0.3) is 11.1 Å². The maximum absolute atomic E-state index is 12.2. The van der Waals surface area contributed by atoms with Gasteiger partial charge in [0.05, 0.1) is 0 Å². The van der Waals surface area contributed by atoms with Gasteiger partial charge in [-0.1, -0.05) is 72.8 Å². The number of aldehydes is 1. The number of ether oxygens (including phenoxy) is 1. The van der Waals surface area contributed by atoms with Crippen LogP contribution in [0.3, 0.4) is 0 Å². The first-order valence-corrected chi connectivity index (χ1v) is 10.1. The summed E-state index contributed by atoms with van der Waals surface area (Å²) in [6.45, 7) is -0.0580. The Morgan fingerprint density at radius 2 is 1.52 bits per heavy atom. The Hall–Kier alpha value is -3.48. The lowest BCUT2D eigenvalue weighted by Crippen LogP contribution is -2.36. The summed E-state index contributed by atoms with van der Waals surface area (Å²) in [4.78, 5) is 23.4. The minimum Gasteiger partial charge on any atom is -0.449 e. The molecule has 4 rings (SSSR count). The van der Waals surface area contributed by atoms with E-state index in [1.165, 1.54) is 0 Å². The summed E-state index contributed by atoms with van der Waals surface area (Å²) in [5.41, 5.74) is 5.09. The first kappa shape index (κ1) is 20.8. The monoisotopic (exact) mass is 417 g/mol. The van der Waals surface area contributed by atoms with Crippen LogP contribution in [-0.2, 0) is 4.74 Å². The standard InChI is InChI=1S/C25H23NO5/c27-14-16-7-1-2-8-17(16)24(29)23(28)13-26-25(30)31-15-22-20-11-5-3-9-18(20)19-10-4-6-12-21(19)22/h1-12,14,22-24,28-29H,13,15H2,(H,26,30). The Morgan fingerprint density at radius 3 is 2.16 bits per heavy atom. The van der Waals surface area contributed by atoms with Gasteiger partial charge in [-0.3, -0.25) is 4.79 Å². The summed E-state index contributed by atoms with van der Waals surface area (Å²) in [6.07, 6.45) is -2.67. The van der Waals surface area contributed by atoms with Crippen LogP contribution in [0.5, 0.6) is 0 Å². The molecule has 6 heteroatoms. The van der Waals surface area contributed by atoms with Crippen LogP contribution in [0.4, 0.5) is 4.79 Å². The van der Waals surface area contributed by atoms with Crippen LogP contribution in [0.2, 0.25) is 0 Å². The second-order valence-corrected chi connectivity index (χ2v) is 7.47. The third-order valence-electron chi connectivity index (χ3n) is 5.61. The Bertz CT molecular complexity index is 1050. The van der Waals surface area contributed by atoms with E-state index in [9.17, 15) is 19.8 Å². The molecule has 0 aliphatic heterocycles. The number of aliphatic hydroxyl groups is 2. The van der Waals surface area contributed by atoms with Crippen LogP contribution in [0.15, 0.2) is 72.8 Å². The molecule has 0 saturated heterocycles. The number of hydrogen-bond donors (Lipinski definition) is 3. The van der Waals surface area contributed by atoms with Crippen molar-refractivity contribution < 1.29 is 24.5 Å². The highest BCUT2D eigenvalue weighted by Crippen LogP contribution is 2.44. The number of carbonyl (C=O) groups is 2. The number of amides is 1. The van der Waals surface area contributed by atoms with Gasteiger partial charge in [0.15, 0.2) is 0 Å². The van der Waals surface area contributed by atoms with Gasteiger partial charge in [0, 0.05) is 18.0 Å². The predicted octanol–water partition coefficient (Wildman–Crippen LogP) is 3.43. The molecule has 0 aromatic heterocycles. The Kier molecular flexibility index (Phi) is 6.11. The van der Waals surface area contributed by atoms with E-state index in [-0.39, 0.29) is 24.6 Å². The van der Waals surface area contributed by atoms with Crippen molar-refractivity contribution >= 4 is 12.4 Å². The van der Waals surface area contributed by atoms with Crippen molar-refractivity contribution in [2.75, 3.05) is 13.2 Å².